The Morgan fingerprint density at radius 3 is 2.27 bits per heavy atom. The summed E-state index contributed by atoms with van der Waals surface area (Å²) in [6.07, 6.45) is 3.26. The quantitative estimate of drug-likeness (QED) is 0.932. The summed E-state index contributed by atoms with van der Waals surface area (Å²) in [6, 6.07) is 3.93. The summed E-state index contributed by atoms with van der Waals surface area (Å²) in [5, 5.41) is 11.7. The molecule has 1 aliphatic heterocycles. The molecule has 1 heterocycles. The zero-order chi connectivity index (χ0) is 15.7. The highest BCUT2D eigenvalue weighted by Crippen LogP contribution is 2.30. The van der Waals surface area contributed by atoms with Gasteiger partial charge in [-0.15, -0.1) is 0 Å². The number of nitrogens with one attached hydrogen (secondary N) is 1. The van der Waals surface area contributed by atoms with Gasteiger partial charge in [-0.1, -0.05) is 0 Å². The molecule has 0 spiro atoms. The SMILES string of the molecule is N#Cc1cc(F)c(N2CCC(NC(=O)C3CC3)CC2)c(F)c1. The van der Waals surface area contributed by atoms with Crippen molar-refractivity contribution in [3.63, 3.8) is 0 Å². The van der Waals surface area contributed by atoms with E-state index in [9.17, 15) is 13.6 Å². The number of rotatable bonds is 3. The minimum Gasteiger partial charge on any atom is -0.367 e. The van der Waals surface area contributed by atoms with E-state index in [1.54, 1.807) is 11.0 Å². The molecule has 1 amide bonds. The molecule has 2 aliphatic rings. The average molecular weight is 305 g/mol. The second-order valence-corrected chi connectivity index (χ2v) is 5.94. The van der Waals surface area contributed by atoms with Crippen LogP contribution in [-0.2, 0) is 4.79 Å². The Labute approximate surface area is 127 Å². The summed E-state index contributed by atoms with van der Waals surface area (Å²) in [4.78, 5) is 13.4. The highest BCUT2D eigenvalue weighted by atomic mass is 19.1. The number of hydrogen-bond acceptors (Lipinski definition) is 3. The van der Waals surface area contributed by atoms with Crippen molar-refractivity contribution < 1.29 is 13.6 Å². The third-order valence-electron chi connectivity index (χ3n) is 4.25. The Kier molecular flexibility index (Phi) is 3.97. The molecule has 1 saturated carbocycles. The molecule has 116 valence electrons. The van der Waals surface area contributed by atoms with Gasteiger partial charge in [-0.25, -0.2) is 8.78 Å². The van der Waals surface area contributed by atoms with Gasteiger partial charge in [0.25, 0.3) is 0 Å². The van der Waals surface area contributed by atoms with Crippen LogP contribution >= 0.6 is 0 Å². The van der Waals surface area contributed by atoms with Crippen molar-refractivity contribution in [3.8, 4) is 6.07 Å². The minimum atomic E-state index is -0.711. The molecule has 22 heavy (non-hydrogen) atoms. The molecule has 4 nitrogen and oxygen atoms in total. The number of hydrogen-bond donors (Lipinski definition) is 1. The van der Waals surface area contributed by atoms with Crippen molar-refractivity contribution in [1.29, 1.82) is 5.26 Å². The van der Waals surface area contributed by atoms with Crippen molar-refractivity contribution in [2.45, 2.75) is 31.7 Å². The van der Waals surface area contributed by atoms with E-state index in [1.807, 2.05) is 0 Å². The van der Waals surface area contributed by atoms with Crippen molar-refractivity contribution in [2.75, 3.05) is 18.0 Å². The van der Waals surface area contributed by atoms with Crippen LogP contribution in [-0.4, -0.2) is 25.0 Å². The molecule has 1 saturated heterocycles. The Balaban J connectivity index is 1.64. The summed E-state index contributed by atoms with van der Waals surface area (Å²) in [7, 11) is 0. The molecule has 1 N–H and O–H groups in total. The molecule has 1 aromatic carbocycles. The highest BCUT2D eigenvalue weighted by molar-refractivity contribution is 5.81. The Hall–Kier alpha value is -2.16. The summed E-state index contributed by atoms with van der Waals surface area (Å²) >= 11 is 0. The number of carbonyl (C=O) groups is 1. The molecule has 0 radical (unpaired) electrons. The molecule has 1 aromatic rings. The minimum absolute atomic E-state index is 0.0228. The number of benzene rings is 1. The second kappa shape index (κ2) is 5.91. The molecular weight excluding hydrogens is 288 g/mol. The third-order valence-corrected chi connectivity index (χ3v) is 4.25. The van der Waals surface area contributed by atoms with Gasteiger partial charge in [0.15, 0.2) is 11.6 Å². The summed E-state index contributed by atoms with van der Waals surface area (Å²) in [5.41, 5.74) is -0.101. The van der Waals surface area contributed by atoms with Crippen LogP contribution in [0.1, 0.15) is 31.2 Å². The van der Waals surface area contributed by atoms with Crippen LogP contribution in [0.5, 0.6) is 0 Å². The Morgan fingerprint density at radius 2 is 1.77 bits per heavy atom. The van der Waals surface area contributed by atoms with Gasteiger partial charge >= 0.3 is 0 Å². The van der Waals surface area contributed by atoms with Crippen molar-refractivity contribution >= 4 is 11.6 Å². The molecule has 0 atom stereocenters. The van der Waals surface area contributed by atoms with E-state index in [2.05, 4.69) is 5.32 Å². The lowest BCUT2D eigenvalue weighted by Gasteiger charge is -2.34. The second-order valence-electron chi connectivity index (χ2n) is 5.94. The number of anilines is 1. The fourth-order valence-corrected chi connectivity index (χ4v) is 2.84. The van der Waals surface area contributed by atoms with Gasteiger partial charge in [0, 0.05) is 25.0 Å². The van der Waals surface area contributed by atoms with E-state index in [1.165, 1.54) is 0 Å². The first kappa shape index (κ1) is 14.8. The maximum atomic E-state index is 14.0. The van der Waals surface area contributed by atoms with E-state index in [-0.39, 0.29) is 29.1 Å². The Bertz CT molecular complexity index is 606. The maximum absolute atomic E-state index is 14.0. The molecule has 0 unspecified atom stereocenters. The molecule has 0 bridgehead atoms. The lowest BCUT2D eigenvalue weighted by Crippen LogP contribution is -2.45. The average Bonchev–Trinajstić information content (AvgIpc) is 3.33. The first-order valence-corrected chi connectivity index (χ1v) is 7.53. The summed E-state index contributed by atoms with van der Waals surface area (Å²) in [6.45, 7) is 0.963. The monoisotopic (exact) mass is 305 g/mol. The highest BCUT2D eigenvalue weighted by Gasteiger charge is 2.32. The fourth-order valence-electron chi connectivity index (χ4n) is 2.84. The molecule has 1 aliphatic carbocycles. The largest absolute Gasteiger partial charge is 0.367 e. The predicted molar refractivity (Wildman–Crippen MR) is 77.2 cm³/mol. The van der Waals surface area contributed by atoms with Crippen LogP contribution in [0.25, 0.3) is 0 Å². The molecule has 3 rings (SSSR count). The maximum Gasteiger partial charge on any atom is 0.223 e. The number of nitrogens with zero attached hydrogens (tertiary/aromatic N) is 2. The van der Waals surface area contributed by atoms with E-state index < -0.39 is 11.6 Å². The number of halogens is 2. The number of nitriles is 1. The molecular formula is C16H17F2N3O. The zero-order valence-electron chi connectivity index (χ0n) is 12.1. The van der Waals surface area contributed by atoms with Gasteiger partial charge in [0.05, 0.1) is 11.6 Å². The van der Waals surface area contributed by atoms with E-state index in [0.717, 1.165) is 25.0 Å². The number of carbonyl (C=O) groups excluding carboxylic acids is 1. The molecule has 0 aromatic heterocycles. The third kappa shape index (κ3) is 3.03. The van der Waals surface area contributed by atoms with Gasteiger partial charge < -0.3 is 10.2 Å². The smallest absolute Gasteiger partial charge is 0.223 e. The van der Waals surface area contributed by atoms with Gasteiger partial charge in [-0.2, -0.15) is 5.26 Å². The van der Waals surface area contributed by atoms with Gasteiger partial charge in [0.2, 0.25) is 5.91 Å². The molecule has 2 fully saturated rings. The first-order valence-electron chi connectivity index (χ1n) is 7.53. The van der Waals surface area contributed by atoms with Crippen LogP contribution in [0.4, 0.5) is 14.5 Å². The number of piperidine rings is 1. The van der Waals surface area contributed by atoms with Crippen LogP contribution in [0, 0.1) is 28.9 Å². The van der Waals surface area contributed by atoms with Crippen molar-refractivity contribution in [1.82, 2.24) is 5.32 Å². The van der Waals surface area contributed by atoms with Crippen LogP contribution in [0.2, 0.25) is 0 Å². The zero-order valence-corrected chi connectivity index (χ0v) is 12.1. The summed E-state index contributed by atoms with van der Waals surface area (Å²) < 4.78 is 28.0. The van der Waals surface area contributed by atoms with E-state index in [0.29, 0.717) is 25.9 Å². The fraction of sp³-hybridized carbons (Fsp3) is 0.500. The normalized spacial score (nSPS) is 18.9. The lowest BCUT2D eigenvalue weighted by atomic mass is 10.0. The van der Waals surface area contributed by atoms with Gasteiger partial charge in [0.1, 0.15) is 5.69 Å². The van der Waals surface area contributed by atoms with Crippen LogP contribution in [0.15, 0.2) is 12.1 Å². The first-order chi connectivity index (χ1) is 10.6. The predicted octanol–water partition coefficient (Wildman–Crippen LogP) is 2.33. The van der Waals surface area contributed by atoms with E-state index in [4.69, 9.17) is 5.26 Å². The van der Waals surface area contributed by atoms with E-state index >= 15 is 0 Å². The lowest BCUT2D eigenvalue weighted by molar-refractivity contribution is -0.123. The topological polar surface area (TPSA) is 56.1 Å². The summed E-state index contributed by atoms with van der Waals surface area (Å²) in [5.74, 6) is -1.14. The number of amides is 1. The molecule has 6 heteroatoms. The Morgan fingerprint density at radius 1 is 1.18 bits per heavy atom. The van der Waals surface area contributed by atoms with Crippen molar-refractivity contribution in [2.24, 2.45) is 5.92 Å². The standard InChI is InChI=1S/C16H17F2N3O/c17-13-7-10(9-19)8-14(18)15(13)21-5-3-12(4-6-21)20-16(22)11-1-2-11/h7-8,11-12H,1-6H2,(H,20,22). The van der Waals surface area contributed by atoms with Crippen LogP contribution < -0.4 is 10.2 Å². The van der Waals surface area contributed by atoms with Crippen LogP contribution in [0.3, 0.4) is 0 Å². The van der Waals surface area contributed by atoms with Gasteiger partial charge in [-0.3, -0.25) is 4.79 Å². The van der Waals surface area contributed by atoms with Crippen molar-refractivity contribution in [3.05, 3.63) is 29.3 Å². The van der Waals surface area contributed by atoms with Gasteiger partial charge in [-0.05, 0) is 37.8 Å².